The van der Waals surface area contributed by atoms with Gasteiger partial charge >= 0.3 is 12.0 Å². The van der Waals surface area contributed by atoms with Crippen molar-refractivity contribution < 1.29 is 14.7 Å². The second kappa shape index (κ2) is 5.40. The molecule has 0 atom stereocenters. The quantitative estimate of drug-likeness (QED) is 0.860. The Morgan fingerprint density at radius 1 is 1.42 bits per heavy atom. The van der Waals surface area contributed by atoms with Crippen LogP contribution in [0.2, 0.25) is 0 Å². The van der Waals surface area contributed by atoms with E-state index in [4.69, 9.17) is 10.4 Å². The Hall–Kier alpha value is -2.55. The molecule has 2 amide bonds. The maximum absolute atomic E-state index is 11.9. The highest BCUT2D eigenvalue weighted by Gasteiger charge is 2.32. The smallest absolute Gasteiger partial charge is 0.321 e. The summed E-state index contributed by atoms with van der Waals surface area (Å²) in [5, 5.41) is 20.2. The lowest BCUT2D eigenvalue weighted by molar-refractivity contribution is -0.139. The number of carbonyl (C=O) groups is 2. The summed E-state index contributed by atoms with van der Waals surface area (Å²) >= 11 is 0. The standard InChI is InChI=1S/C13H13N3O3/c14-6-10-3-1-2-4-11(10)15-13(19)16-7-9(8-16)5-12(17)18/h1-4,9H,5,7-8H2,(H,15,19)(H,17,18). The van der Waals surface area contributed by atoms with Gasteiger partial charge < -0.3 is 15.3 Å². The number of rotatable bonds is 3. The molecule has 0 unspecified atom stereocenters. The summed E-state index contributed by atoms with van der Waals surface area (Å²) in [6.45, 7) is 0.875. The van der Waals surface area contributed by atoms with Gasteiger partial charge in [0, 0.05) is 19.0 Å². The van der Waals surface area contributed by atoms with Crippen LogP contribution in [0, 0.1) is 17.2 Å². The van der Waals surface area contributed by atoms with Gasteiger partial charge in [0.1, 0.15) is 6.07 Å². The number of carbonyl (C=O) groups excluding carboxylic acids is 1. The van der Waals surface area contributed by atoms with Gasteiger partial charge in [0.25, 0.3) is 0 Å². The van der Waals surface area contributed by atoms with Crippen LogP contribution in [0.15, 0.2) is 24.3 Å². The number of amides is 2. The second-order valence-corrected chi connectivity index (χ2v) is 4.46. The Kier molecular flexibility index (Phi) is 3.66. The molecule has 2 N–H and O–H groups in total. The third-order valence-electron chi connectivity index (χ3n) is 3.00. The number of carboxylic acid groups (broad SMARTS) is 1. The molecule has 6 nitrogen and oxygen atoms in total. The molecule has 98 valence electrons. The largest absolute Gasteiger partial charge is 0.481 e. The third-order valence-corrected chi connectivity index (χ3v) is 3.00. The maximum Gasteiger partial charge on any atom is 0.321 e. The molecule has 1 aromatic rings. The number of nitriles is 1. The van der Waals surface area contributed by atoms with Crippen LogP contribution in [0.3, 0.4) is 0 Å². The maximum atomic E-state index is 11.9. The number of hydrogen-bond acceptors (Lipinski definition) is 3. The minimum absolute atomic E-state index is 0.0226. The molecule has 1 aliphatic heterocycles. The Morgan fingerprint density at radius 2 is 2.11 bits per heavy atom. The summed E-state index contributed by atoms with van der Waals surface area (Å²) < 4.78 is 0. The summed E-state index contributed by atoms with van der Waals surface area (Å²) in [5.41, 5.74) is 0.871. The van der Waals surface area contributed by atoms with Crippen LogP contribution in [-0.4, -0.2) is 35.1 Å². The monoisotopic (exact) mass is 259 g/mol. The molecule has 1 aromatic carbocycles. The average Bonchev–Trinajstić information content (AvgIpc) is 2.33. The van der Waals surface area contributed by atoms with E-state index < -0.39 is 5.97 Å². The molecule has 6 heteroatoms. The van der Waals surface area contributed by atoms with E-state index in [1.165, 1.54) is 4.90 Å². The zero-order chi connectivity index (χ0) is 13.8. The average molecular weight is 259 g/mol. The molecular weight excluding hydrogens is 246 g/mol. The number of para-hydroxylation sites is 1. The number of carboxylic acids is 1. The SMILES string of the molecule is N#Cc1ccccc1NC(=O)N1CC(CC(=O)O)C1. The fraction of sp³-hybridized carbons (Fsp3) is 0.308. The van der Waals surface area contributed by atoms with Gasteiger partial charge in [-0.15, -0.1) is 0 Å². The van der Waals surface area contributed by atoms with E-state index in [1.807, 2.05) is 6.07 Å². The third kappa shape index (κ3) is 3.01. The van der Waals surface area contributed by atoms with Gasteiger partial charge in [0.2, 0.25) is 0 Å². The van der Waals surface area contributed by atoms with Crippen LogP contribution in [-0.2, 0) is 4.79 Å². The lowest BCUT2D eigenvalue weighted by Gasteiger charge is -2.38. The molecule has 19 heavy (non-hydrogen) atoms. The topological polar surface area (TPSA) is 93.4 Å². The Bertz CT molecular complexity index is 544. The van der Waals surface area contributed by atoms with Crippen molar-refractivity contribution in [2.24, 2.45) is 5.92 Å². The summed E-state index contributed by atoms with van der Waals surface area (Å²) in [5.74, 6) is -0.825. The summed E-state index contributed by atoms with van der Waals surface area (Å²) in [6, 6.07) is 8.44. The minimum Gasteiger partial charge on any atom is -0.481 e. The first-order chi connectivity index (χ1) is 9.10. The summed E-state index contributed by atoms with van der Waals surface area (Å²) in [4.78, 5) is 23.9. The molecule has 0 bridgehead atoms. The second-order valence-electron chi connectivity index (χ2n) is 4.46. The number of urea groups is 1. The van der Waals surface area contributed by atoms with Crippen molar-refractivity contribution in [3.8, 4) is 6.07 Å². The first kappa shape index (κ1) is 12.9. The van der Waals surface area contributed by atoms with Gasteiger partial charge in [-0.2, -0.15) is 5.26 Å². The minimum atomic E-state index is -0.847. The van der Waals surface area contributed by atoms with Gasteiger partial charge in [-0.3, -0.25) is 4.79 Å². The number of anilines is 1. The van der Waals surface area contributed by atoms with Gasteiger partial charge in [-0.05, 0) is 12.1 Å². The van der Waals surface area contributed by atoms with E-state index in [0.29, 0.717) is 24.3 Å². The van der Waals surface area contributed by atoms with Gasteiger partial charge in [0.05, 0.1) is 17.7 Å². The van der Waals surface area contributed by atoms with Crippen LogP contribution in [0.1, 0.15) is 12.0 Å². The number of nitrogens with zero attached hydrogens (tertiary/aromatic N) is 2. The van der Waals surface area contributed by atoms with E-state index >= 15 is 0 Å². The Morgan fingerprint density at radius 3 is 2.74 bits per heavy atom. The highest BCUT2D eigenvalue weighted by atomic mass is 16.4. The van der Waals surface area contributed by atoms with E-state index in [9.17, 15) is 9.59 Å². The first-order valence-corrected chi connectivity index (χ1v) is 5.87. The first-order valence-electron chi connectivity index (χ1n) is 5.87. The van der Waals surface area contributed by atoms with Crippen LogP contribution in [0.25, 0.3) is 0 Å². The normalized spacial score (nSPS) is 14.4. The molecule has 0 aromatic heterocycles. The lowest BCUT2D eigenvalue weighted by atomic mass is 9.97. The van der Waals surface area contributed by atoms with E-state index in [1.54, 1.807) is 24.3 Å². The zero-order valence-corrected chi connectivity index (χ0v) is 10.2. The van der Waals surface area contributed by atoms with Crippen molar-refractivity contribution in [3.63, 3.8) is 0 Å². The van der Waals surface area contributed by atoms with Gasteiger partial charge in [-0.25, -0.2) is 4.79 Å². The Balaban J connectivity index is 1.90. The molecule has 1 heterocycles. The van der Waals surface area contributed by atoms with Crippen molar-refractivity contribution in [2.45, 2.75) is 6.42 Å². The molecule has 0 spiro atoms. The van der Waals surface area contributed by atoms with Crippen molar-refractivity contribution in [3.05, 3.63) is 29.8 Å². The molecular formula is C13H13N3O3. The van der Waals surface area contributed by atoms with Gasteiger partial charge in [0.15, 0.2) is 0 Å². The Labute approximate surface area is 110 Å². The molecule has 0 saturated carbocycles. The van der Waals surface area contributed by atoms with Crippen molar-refractivity contribution in [2.75, 3.05) is 18.4 Å². The van der Waals surface area contributed by atoms with E-state index in [2.05, 4.69) is 5.32 Å². The predicted molar refractivity (Wildman–Crippen MR) is 67.5 cm³/mol. The molecule has 1 aliphatic rings. The van der Waals surface area contributed by atoms with Crippen LogP contribution in [0.4, 0.5) is 10.5 Å². The fourth-order valence-electron chi connectivity index (χ4n) is 2.00. The molecule has 0 radical (unpaired) electrons. The van der Waals surface area contributed by atoms with Crippen LogP contribution < -0.4 is 5.32 Å². The van der Waals surface area contributed by atoms with Crippen molar-refractivity contribution in [1.82, 2.24) is 4.90 Å². The molecule has 2 rings (SSSR count). The predicted octanol–water partition coefficient (Wildman–Crippen LogP) is 1.50. The molecule has 0 aliphatic carbocycles. The highest BCUT2D eigenvalue weighted by Crippen LogP contribution is 2.21. The fourth-order valence-corrected chi connectivity index (χ4v) is 2.00. The van der Waals surface area contributed by atoms with Crippen LogP contribution >= 0.6 is 0 Å². The molecule has 1 fully saturated rings. The van der Waals surface area contributed by atoms with E-state index in [-0.39, 0.29) is 18.4 Å². The van der Waals surface area contributed by atoms with Crippen molar-refractivity contribution in [1.29, 1.82) is 5.26 Å². The molecule has 1 saturated heterocycles. The number of likely N-dealkylation sites (tertiary alicyclic amines) is 1. The zero-order valence-electron chi connectivity index (χ0n) is 10.2. The van der Waals surface area contributed by atoms with Gasteiger partial charge in [-0.1, -0.05) is 12.1 Å². The van der Waals surface area contributed by atoms with Crippen LogP contribution in [0.5, 0.6) is 0 Å². The van der Waals surface area contributed by atoms with Crippen molar-refractivity contribution >= 4 is 17.7 Å². The number of nitrogens with one attached hydrogen (secondary N) is 1. The highest BCUT2D eigenvalue weighted by molar-refractivity contribution is 5.91. The summed E-state index contributed by atoms with van der Waals surface area (Å²) in [6.07, 6.45) is 0.0819. The lowest BCUT2D eigenvalue weighted by Crippen LogP contribution is -2.52. The number of benzene rings is 1. The number of aliphatic carboxylic acids is 1. The number of hydrogen-bond donors (Lipinski definition) is 2. The summed E-state index contributed by atoms with van der Waals surface area (Å²) in [7, 11) is 0. The van der Waals surface area contributed by atoms with E-state index in [0.717, 1.165) is 0 Å².